The minimum Gasteiger partial charge on any atom is -0.380 e. The molecule has 3 aliphatic rings. The summed E-state index contributed by atoms with van der Waals surface area (Å²) in [5.74, 6) is 1.86. The quantitative estimate of drug-likeness (QED) is 0.397. The lowest BCUT2D eigenvalue weighted by molar-refractivity contribution is -0.0973. The van der Waals surface area contributed by atoms with Crippen LogP contribution in [0.15, 0.2) is 4.99 Å². The SMILES string of the molecule is CN=C(NCC1(C)COC1)N1CCC(OCC2CCCC2)CC1.I. The van der Waals surface area contributed by atoms with E-state index in [-0.39, 0.29) is 29.4 Å². The number of hydrogen-bond acceptors (Lipinski definition) is 3. The van der Waals surface area contributed by atoms with Gasteiger partial charge in [-0.3, -0.25) is 4.99 Å². The summed E-state index contributed by atoms with van der Waals surface area (Å²) in [5, 5.41) is 3.53. The van der Waals surface area contributed by atoms with Gasteiger partial charge in [0.1, 0.15) is 0 Å². The van der Waals surface area contributed by atoms with Crippen molar-refractivity contribution in [2.75, 3.05) is 46.5 Å². The fraction of sp³-hybridized carbons (Fsp3) is 0.944. The van der Waals surface area contributed by atoms with Crippen molar-refractivity contribution < 1.29 is 9.47 Å². The van der Waals surface area contributed by atoms with Gasteiger partial charge in [0.25, 0.3) is 0 Å². The fourth-order valence-electron chi connectivity index (χ4n) is 3.86. The Morgan fingerprint density at radius 3 is 2.42 bits per heavy atom. The third kappa shape index (κ3) is 5.46. The van der Waals surface area contributed by atoms with Crippen LogP contribution in [0.3, 0.4) is 0 Å². The van der Waals surface area contributed by atoms with Gasteiger partial charge in [0.2, 0.25) is 0 Å². The van der Waals surface area contributed by atoms with Crippen LogP contribution >= 0.6 is 24.0 Å². The summed E-state index contributed by atoms with van der Waals surface area (Å²) < 4.78 is 11.5. The zero-order valence-corrected chi connectivity index (χ0v) is 17.6. The van der Waals surface area contributed by atoms with Crippen molar-refractivity contribution >= 4 is 29.9 Å². The molecule has 0 atom stereocenters. The zero-order valence-electron chi connectivity index (χ0n) is 15.3. The van der Waals surface area contributed by atoms with E-state index < -0.39 is 0 Å². The predicted molar refractivity (Wildman–Crippen MR) is 108 cm³/mol. The molecule has 0 unspecified atom stereocenters. The third-order valence-corrected chi connectivity index (χ3v) is 5.57. The largest absolute Gasteiger partial charge is 0.380 e. The first-order chi connectivity index (χ1) is 11.2. The third-order valence-electron chi connectivity index (χ3n) is 5.57. The van der Waals surface area contributed by atoms with Crippen LogP contribution in [0.4, 0.5) is 0 Å². The number of ether oxygens (including phenoxy) is 2. The molecule has 0 aromatic rings. The van der Waals surface area contributed by atoms with Gasteiger partial charge in [-0.1, -0.05) is 19.8 Å². The summed E-state index contributed by atoms with van der Waals surface area (Å²) in [7, 11) is 1.88. The van der Waals surface area contributed by atoms with Crippen LogP contribution in [0.1, 0.15) is 45.4 Å². The maximum Gasteiger partial charge on any atom is 0.193 e. The van der Waals surface area contributed by atoms with Crippen LogP contribution in [0, 0.1) is 11.3 Å². The standard InChI is InChI=1S/C18H33N3O2.HI/c1-18(13-22-14-18)12-20-17(19-2)21-9-7-16(8-10-21)23-11-15-5-3-4-6-15;/h15-16H,3-14H2,1-2H3,(H,19,20);1H. The number of piperidine rings is 1. The van der Waals surface area contributed by atoms with E-state index in [0.29, 0.717) is 6.10 Å². The van der Waals surface area contributed by atoms with Crippen molar-refractivity contribution in [3.8, 4) is 0 Å². The van der Waals surface area contributed by atoms with Gasteiger partial charge in [0, 0.05) is 38.7 Å². The first-order valence-corrected chi connectivity index (χ1v) is 9.33. The molecule has 2 heterocycles. The van der Waals surface area contributed by atoms with Gasteiger partial charge in [-0.25, -0.2) is 0 Å². The molecule has 2 aliphatic heterocycles. The van der Waals surface area contributed by atoms with E-state index >= 15 is 0 Å². The molecule has 6 heteroatoms. The highest BCUT2D eigenvalue weighted by Crippen LogP contribution is 2.27. The Morgan fingerprint density at radius 1 is 1.21 bits per heavy atom. The Labute approximate surface area is 164 Å². The molecule has 1 aliphatic carbocycles. The Kier molecular flexibility index (Phi) is 8.07. The Balaban J connectivity index is 0.00000208. The number of nitrogens with zero attached hydrogens (tertiary/aromatic N) is 2. The first kappa shape index (κ1) is 20.2. The van der Waals surface area contributed by atoms with E-state index in [1.54, 1.807) is 0 Å². The minimum absolute atomic E-state index is 0. The predicted octanol–water partition coefficient (Wildman–Crippen LogP) is 2.89. The second-order valence-electron chi connectivity index (χ2n) is 7.87. The van der Waals surface area contributed by atoms with Crippen LogP contribution in [-0.2, 0) is 9.47 Å². The molecule has 1 N–H and O–H groups in total. The lowest BCUT2D eigenvalue weighted by atomic mass is 9.89. The van der Waals surface area contributed by atoms with E-state index in [9.17, 15) is 0 Å². The molecule has 3 fully saturated rings. The summed E-state index contributed by atoms with van der Waals surface area (Å²) in [6, 6.07) is 0. The lowest BCUT2D eigenvalue weighted by Crippen LogP contribution is -2.53. The van der Waals surface area contributed by atoms with Gasteiger partial charge in [-0.2, -0.15) is 0 Å². The van der Waals surface area contributed by atoms with Crippen molar-refractivity contribution in [1.82, 2.24) is 10.2 Å². The fourth-order valence-corrected chi connectivity index (χ4v) is 3.86. The Bertz CT molecular complexity index is 401. The van der Waals surface area contributed by atoms with E-state index in [4.69, 9.17) is 9.47 Å². The van der Waals surface area contributed by atoms with Gasteiger partial charge in [-0.15, -0.1) is 24.0 Å². The van der Waals surface area contributed by atoms with Crippen LogP contribution < -0.4 is 5.32 Å². The second kappa shape index (κ2) is 9.57. The van der Waals surface area contributed by atoms with Crippen LogP contribution in [-0.4, -0.2) is 63.5 Å². The second-order valence-corrected chi connectivity index (χ2v) is 7.87. The van der Waals surface area contributed by atoms with Crippen LogP contribution in [0.2, 0.25) is 0 Å². The van der Waals surface area contributed by atoms with Gasteiger partial charge in [-0.05, 0) is 31.6 Å². The summed E-state index contributed by atoms with van der Waals surface area (Å²) in [5.41, 5.74) is 0.276. The molecular weight excluding hydrogens is 417 g/mol. The van der Waals surface area contributed by atoms with Gasteiger partial charge in [0.05, 0.1) is 19.3 Å². The summed E-state index contributed by atoms with van der Waals surface area (Å²) in [6.07, 6.45) is 8.23. The van der Waals surface area contributed by atoms with Crippen molar-refractivity contribution in [3.63, 3.8) is 0 Å². The number of guanidine groups is 1. The van der Waals surface area contributed by atoms with Crippen LogP contribution in [0.25, 0.3) is 0 Å². The highest BCUT2D eigenvalue weighted by atomic mass is 127. The number of rotatable bonds is 5. The van der Waals surface area contributed by atoms with Crippen molar-refractivity contribution in [1.29, 1.82) is 0 Å². The smallest absolute Gasteiger partial charge is 0.193 e. The lowest BCUT2D eigenvalue weighted by Gasteiger charge is -2.40. The topological polar surface area (TPSA) is 46.1 Å². The summed E-state index contributed by atoms with van der Waals surface area (Å²) in [4.78, 5) is 6.83. The average molecular weight is 451 g/mol. The Hall–Kier alpha value is -0.0800. The highest BCUT2D eigenvalue weighted by molar-refractivity contribution is 14.0. The summed E-state index contributed by atoms with van der Waals surface area (Å²) >= 11 is 0. The van der Waals surface area contributed by atoms with Gasteiger partial charge >= 0.3 is 0 Å². The van der Waals surface area contributed by atoms with E-state index in [0.717, 1.165) is 64.2 Å². The molecule has 0 amide bonds. The van der Waals surface area contributed by atoms with E-state index in [1.165, 1.54) is 25.7 Å². The molecular formula is C18H34IN3O2. The first-order valence-electron chi connectivity index (χ1n) is 9.33. The maximum absolute atomic E-state index is 6.17. The minimum atomic E-state index is 0. The molecule has 0 aromatic carbocycles. The summed E-state index contributed by atoms with van der Waals surface area (Å²) in [6.45, 7) is 7.99. The highest BCUT2D eigenvalue weighted by Gasteiger charge is 2.34. The van der Waals surface area contributed by atoms with Gasteiger partial charge < -0.3 is 19.7 Å². The average Bonchev–Trinajstić information content (AvgIpc) is 3.06. The zero-order chi connectivity index (χ0) is 16.1. The number of nitrogens with one attached hydrogen (secondary N) is 1. The number of halogens is 1. The number of likely N-dealkylation sites (tertiary alicyclic amines) is 1. The molecule has 2 saturated heterocycles. The van der Waals surface area contributed by atoms with E-state index in [2.05, 4.69) is 22.1 Å². The number of aliphatic imine (C=N–C) groups is 1. The van der Waals surface area contributed by atoms with Gasteiger partial charge in [0.15, 0.2) is 5.96 Å². The molecule has 140 valence electrons. The van der Waals surface area contributed by atoms with Crippen molar-refractivity contribution in [2.45, 2.75) is 51.6 Å². The molecule has 1 saturated carbocycles. The molecule has 0 radical (unpaired) electrons. The number of hydrogen-bond donors (Lipinski definition) is 1. The maximum atomic E-state index is 6.17. The monoisotopic (exact) mass is 451 g/mol. The molecule has 0 aromatic heterocycles. The molecule has 0 spiro atoms. The molecule has 3 rings (SSSR count). The molecule has 5 nitrogen and oxygen atoms in total. The Morgan fingerprint density at radius 2 is 1.88 bits per heavy atom. The molecule has 24 heavy (non-hydrogen) atoms. The molecule has 0 bridgehead atoms. The normalized spacial score (nSPS) is 25.2. The van der Waals surface area contributed by atoms with Crippen molar-refractivity contribution in [3.05, 3.63) is 0 Å². The van der Waals surface area contributed by atoms with E-state index in [1.807, 2.05) is 7.05 Å². The van der Waals surface area contributed by atoms with Crippen molar-refractivity contribution in [2.24, 2.45) is 16.3 Å². The van der Waals surface area contributed by atoms with Crippen LogP contribution in [0.5, 0.6) is 0 Å².